The average Bonchev–Trinajstić information content (AvgIpc) is 2.82. The van der Waals surface area contributed by atoms with Gasteiger partial charge in [-0.2, -0.15) is 9.59 Å². The highest BCUT2D eigenvalue weighted by atomic mass is 16.3. The van der Waals surface area contributed by atoms with E-state index >= 15 is 0 Å². The molecule has 0 heterocycles. The molecule has 198 valence electrons. The Labute approximate surface area is 214 Å². The summed E-state index contributed by atoms with van der Waals surface area (Å²) in [6.45, 7) is 12.5. The zero-order chi connectivity index (χ0) is 26.8. The van der Waals surface area contributed by atoms with Crippen molar-refractivity contribution in [2.45, 2.75) is 97.1 Å². The molecule has 0 amide bonds. The van der Waals surface area contributed by atoms with E-state index in [1.54, 1.807) is 0 Å². The van der Waals surface area contributed by atoms with E-state index in [9.17, 15) is 20.4 Å². The summed E-state index contributed by atoms with van der Waals surface area (Å²) < 4.78 is 0. The van der Waals surface area contributed by atoms with Gasteiger partial charge in [0, 0.05) is 16.7 Å². The number of carbonyl (C=O) groups excluding carboxylic acids is 2. The minimum atomic E-state index is -1.13. The summed E-state index contributed by atoms with van der Waals surface area (Å²) in [5.74, 6) is 0.0177. The number of benzene rings is 1. The van der Waals surface area contributed by atoms with Crippen LogP contribution in [0.2, 0.25) is 0 Å². The summed E-state index contributed by atoms with van der Waals surface area (Å²) in [6.07, 6.45) is 0.620. The van der Waals surface area contributed by atoms with Gasteiger partial charge in [-0.25, -0.2) is 0 Å². The Kier molecular flexibility index (Phi) is 6.72. The maximum atomic E-state index is 12.9. The Balaban J connectivity index is 0.000000967. The lowest BCUT2D eigenvalue weighted by atomic mass is 9.35. The quantitative estimate of drug-likeness (QED) is 0.438. The highest BCUT2D eigenvalue weighted by molar-refractivity contribution is 5.42. The molecule has 2 bridgehead atoms. The smallest absolute Gasteiger partial charge is 0.373 e. The Morgan fingerprint density at radius 3 is 2.11 bits per heavy atom. The van der Waals surface area contributed by atoms with Gasteiger partial charge in [-0.05, 0) is 66.9 Å². The molecule has 1 aromatic carbocycles. The van der Waals surface area contributed by atoms with Crippen LogP contribution in [-0.2, 0) is 9.59 Å². The molecule has 6 heteroatoms. The second-order valence-electron chi connectivity index (χ2n) is 12.9. The van der Waals surface area contributed by atoms with E-state index in [1.165, 1.54) is 0 Å². The number of hydrogen-bond donors (Lipinski definition) is 4. The summed E-state index contributed by atoms with van der Waals surface area (Å²) >= 11 is 0. The molecule has 0 radical (unpaired) electrons. The number of aliphatic hydroxyl groups is 4. The lowest BCUT2D eigenvalue weighted by Crippen LogP contribution is -2.72. The van der Waals surface area contributed by atoms with Crippen LogP contribution in [0, 0.1) is 34.0 Å². The second-order valence-corrected chi connectivity index (χ2v) is 12.9. The number of fused-ring (bicyclic) bond motifs is 5. The molecule has 4 aliphatic rings. The molecule has 0 aliphatic heterocycles. The third-order valence-corrected chi connectivity index (χ3v) is 11.3. The molecule has 4 aliphatic carbocycles. The fourth-order valence-corrected chi connectivity index (χ4v) is 9.05. The van der Waals surface area contributed by atoms with Gasteiger partial charge in [-0.1, -0.05) is 70.5 Å². The number of aliphatic hydroxyl groups excluding tert-OH is 3. The molecule has 1 aromatic rings. The Bertz CT molecular complexity index is 1060. The predicted molar refractivity (Wildman–Crippen MR) is 134 cm³/mol. The van der Waals surface area contributed by atoms with Crippen molar-refractivity contribution in [2.75, 3.05) is 0 Å². The van der Waals surface area contributed by atoms with Gasteiger partial charge < -0.3 is 20.4 Å². The molecule has 36 heavy (non-hydrogen) atoms. The largest absolute Gasteiger partial charge is 0.392 e. The third-order valence-electron chi connectivity index (χ3n) is 11.3. The molecule has 0 saturated heterocycles. The maximum absolute atomic E-state index is 12.9. The maximum Gasteiger partial charge on any atom is 0.373 e. The topological polar surface area (TPSA) is 115 Å². The number of hydrogen-bond acceptors (Lipinski definition) is 6. The SMILES string of the molecule is CC1=C2[C@@H](O)[C@H](O)[C@@]3(C)C([C@H](c4ccccc4)[C@](O)(C[C@@H]1C)C2(C)C)[C@]1(C)CC[C@@H]1C[C@@H]3O.O=C=O. The first kappa shape index (κ1) is 27.2. The standard InChI is InChI=1S/C29H42O4.CO2/c1-16-15-29(33)22(18-10-8-7-9-11-18)24-27(5)13-12-19(27)14-20(30)28(24,6)25(32)23(31)21(17(16)2)26(29,3)4;2-1-3/h7-11,16,19-20,22-25,30-33H,12-15H2,1-6H3;/t16-,19+,20-,22-,23+,24?,25-,27+,28+,29+;/m0./s1. The van der Waals surface area contributed by atoms with Crippen molar-refractivity contribution in [3.63, 3.8) is 0 Å². The van der Waals surface area contributed by atoms with Crippen LogP contribution >= 0.6 is 0 Å². The summed E-state index contributed by atoms with van der Waals surface area (Å²) in [6, 6.07) is 10.3. The molecular weight excluding hydrogens is 456 g/mol. The van der Waals surface area contributed by atoms with Crippen LogP contribution in [-0.4, -0.2) is 50.5 Å². The van der Waals surface area contributed by atoms with Gasteiger partial charge >= 0.3 is 6.15 Å². The summed E-state index contributed by atoms with van der Waals surface area (Å²) in [5, 5.41) is 48.2. The second kappa shape index (κ2) is 8.89. The number of allylic oxidation sites excluding steroid dienone is 1. The minimum Gasteiger partial charge on any atom is -0.392 e. The van der Waals surface area contributed by atoms with Gasteiger partial charge in [0.1, 0.15) is 6.10 Å². The van der Waals surface area contributed by atoms with Crippen LogP contribution in [0.5, 0.6) is 0 Å². The van der Waals surface area contributed by atoms with Crippen molar-refractivity contribution < 1.29 is 30.0 Å². The van der Waals surface area contributed by atoms with Crippen LogP contribution in [0.1, 0.15) is 78.7 Å². The normalized spacial score (nSPS) is 47.0. The fourth-order valence-electron chi connectivity index (χ4n) is 9.05. The molecule has 0 aromatic heterocycles. The van der Waals surface area contributed by atoms with E-state index in [2.05, 4.69) is 26.0 Å². The van der Waals surface area contributed by atoms with Gasteiger partial charge in [-0.15, -0.1) is 0 Å². The molecule has 1 unspecified atom stereocenters. The lowest BCUT2D eigenvalue weighted by Gasteiger charge is -2.71. The molecule has 4 N–H and O–H groups in total. The van der Waals surface area contributed by atoms with E-state index in [0.29, 0.717) is 18.8 Å². The van der Waals surface area contributed by atoms with Gasteiger partial charge in [0.25, 0.3) is 0 Å². The average molecular weight is 499 g/mol. The van der Waals surface area contributed by atoms with Crippen molar-refractivity contribution in [3.05, 3.63) is 47.0 Å². The van der Waals surface area contributed by atoms with Crippen molar-refractivity contribution >= 4 is 6.15 Å². The summed E-state index contributed by atoms with van der Waals surface area (Å²) in [5.41, 5.74) is -0.0344. The lowest BCUT2D eigenvalue weighted by molar-refractivity contribution is -0.268. The predicted octanol–water partition coefficient (Wildman–Crippen LogP) is 3.84. The van der Waals surface area contributed by atoms with Gasteiger partial charge in [0.2, 0.25) is 0 Å². The fraction of sp³-hybridized carbons (Fsp3) is 0.700. The van der Waals surface area contributed by atoms with Crippen molar-refractivity contribution in [1.29, 1.82) is 0 Å². The molecule has 6 nitrogen and oxygen atoms in total. The molecule has 0 spiro atoms. The Morgan fingerprint density at radius 2 is 1.58 bits per heavy atom. The molecule has 10 atom stereocenters. The van der Waals surface area contributed by atoms with Crippen LogP contribution in [0.15, 0.2) is 41.5 Å². The van der Waals surface area contributed by atoms with Crippen LogP contribution in [0.3, 0.4) is 0 Å². The Hall–Kier alpha value is -1.82. The molecule has 5 rings (SSSR count). The zero-order valence-electron chi connectivity index (χ0n) is 22.4. The van der Waals surface area contributed by atoms with E-state index in [4.69, 9.17) is 9.59 Å². The van der Waals surface area contributed by atoms with E-state index in [0.717, 1.165) is 29.6 Å². The highest BCUT2D eigenvalue weighted by Crippen LogP contribution is 2.73. The van der Waals surface area contributed by atoms with Gasteiger partial charge in [0.05, 0.1) is 17.8 Å². The van der Waals surface area contributed by atoms with Crippen LogP contribution in [0.25, 0.3) is 0 Å². The minimum absolute atomic E-state index is 0.0916. The molecular formula is C30H42O6. The first-order valence-corrected chi connectivity index (χ1v) is 13.2. The molecule has 3 fully saturated rings. The van der Waals surface area contributed by atoms with Gasteiger partial charge in [-0.3, -0.25) is 0 Å². The monoisotopic (exact) mass is 498 g/mol. The molecule has 3 saturated carbocycles. The highest BCUT2D eigenvalue weighted by Gasteiger charge is 2.72. The zero-order valence-corrected chi connectivity index (χ0v) is 22.4. The first-order chi connectivity index (χ1) is 16.7. The third kappa shape index (κ3) is 3.38. The Morgan fingerprint density at radius 1 is 1.00 bits per heavy atom. The van der Waals surface area contributed by atoms with E-state index in [1.807, 2.05) is 45.9 Å². The van der Waals surface area contributed by atoms with Crippen LogP contribution < -0.4 is 0 Å². The van der Waals surface area contributed by atoms with E-state index < -0.39 is 34.7 Å². The van der Waals surface area contributed by atoms with Crippen molar-refractivity contribution in [3.8, 4) is 0 Å². The van der Waals surface area contributed by atoms with Crippen molar-refractivity contribution in [2.24, 2.45) is 34.0 Å². The summed E-state index contributed by atoms with van der Waals surface area (Å²) in [7, 11) is 0. The number of rotatable bonds is 1. The van der Waals surface area contributed by atoms with Crippen molar-refractivity contribution in [1.82, 2.24) is 0 Å². The van der Waals surface area contributed by atoms with Crippen LogP contribution in [0.4, 0.5) is 0 Å². The summed E-state index contributed by atoms with van der Waals surface area (Å²) in [4.78, 5) is 16.2. The first-order valence-electron chi connectivity index (χ1n) is 13.2. The van der Waals surface area contributed by atoms with E-state index in [-0.39, 0.29) is 29.3 Å². The van der Waals surface area contributed by atoms with Gasteiger partial charge in [0.15, 0.2) is 0 Å².